The van der Waals surface area contributed by atoms with Gasteiger partial charge < -0.3 is 12.9 Å². The molecule has 1 nitrogen and oxygen atoms in total. The minimum absolute atomic E-state index is 0. The molecule has 0 fully saturated rings. The minimum atomic E-state index is -5.09. The van der Waals surface area contributed by atoms with Crippen LogP contribution in [-0.2, 0) is 0 Å². The molecule has 0 aromatic heterocycles. The Morgan fingerprint density at radius 3 is 2.21 bits per heavy atom. The maximum absolute atomic E-state index is 12.4. The molecule has 0 atom stereocenters. The third-order valence-corrected chi connectivity index (χ3v) is 1.77. The molecule has 68 valence electrons. The molecule has 0 spiro atoms. The first kappa shape index (κ1) is 14.2. The Morgan fingerprint density at radius 1 is 1.29 bits per heavy atom. The SMILES string of the molecule is Cc1cccc(C#N)c1[B-](F)(F)F.[K+]. The second-order valence-corrected chi connectivity index (χ2v) is 2.72. The summed E-state index contributed by atoms with van der Waals surface area (Å²) in [7, 11) is 0. The van der Waals surface area contributed by atoms with Gasteiger partial charge in [-0.1, -0.05) is 23.2 Å². The molecule has 0 aliphatic rings. The van der Waals surface area contributed by atoms with Crippen LogP contribution in [0.2, 0.25) is 0 Å². The number of benzene rings is 1. The van der Waals surface area contributed by atoms with Gasteiger partial charge >= 0.3 is 58.4 Å². The molecule has 1 aromatic carbocycles. The van der Waals surface area contributed by atoms with Crippen LogP contribution in [0.1, 0.15) is 11.1 Å². The zero-order valence-electron chi connectivity index (χ0n) is 7.89. The Morgan fingerprint density at radius 2 is 1.86 bits per heavy atom. The number of nitriles is 1. The summed E-state index contributed by atoms with van der Waals surface area (Å²) in [6, 6.07) is 5.51. The summed E-state index contributed by atoms with van der Waals surface area (Å²) in [5.41, 5.74) is -0.968. The van der Waals surface area contributed by atoms with E-state index in [0.717, 1.165) is 0 Å². The minimum Gasteiger partial charge on any atom is -0.445 e. The Labute approximate surface area is 123 Å². The molecule has 0 unspecified atom stereocenters. The van der Waals surface area contributed by atoms with Crippen LogP contribution in [-0.4, -0.2) is 6.98 Å². The molecule has 0 heterocycles. The van der Waals surface area contributed by atoms with E-state index in [0.29, 0.717) is 0 Å². The molecule has 0 aliphatic carbocycles. The third-order valence-electron chi connectivity index (χ3n) is 1.77. The largest absolute Gasteiger partial charge is 1.00 e. The van der Waals surface area contributed by atoms with Gasteiger partial charge in [0.05, 0.1) is 6.07 Å². The molecular weight excluding hydrogens is 217 g/mol. The van der Waals surface area contributed by atoms with Crippen molar-refractivity contribution in [2.24, 2.45) is 0 Å². The molecule has 14 heavy (non-hydrogen) atoms. The molecule has 1 rings (SSSR count). The molecule has 6 heteroatoms. The van der Waals surface area contributed by atoms with Gasteiger partial charge in [0.15, 0.2) is 0 Å². The predicted octanol–water partition coefficient (Wildman–Crippen LogP) is -1.07. The van der Waals surface area contributed by atoms with Gasteiger partial charge in [-0.15, -0.1) is 0 Å². The molecule has 0 radical (unpaired) electrons. The van der Waals surface area contributed by atoms with Crippen LogP contribution in [0.15, 0.2) is 18.2 Å². The summed E-state index contributed by atoms with van der Waals surface area (Å²) >= 11 is 0. The molecule has 0 N–H and O–H groups in total. The van der Waals surface area contributed by atoms with Gasteiger partial charge in [0, 0.05) is 5.56 Å². The normalized spacial score (nSPS) is 10.2. The van der Waals surface area contributed by atoms with Crippen LogP contribution in [0.25, 0.3) is 0 Å². The molecule has 0 saturated carbocycles. The van der Waals surface area contributed by atoms with Gasteiger partial charge in [0.2, 0.25) is 0 Å². The maximum Gasteiger partial charge on any atom is 1.00 e. The van der Waals surface area contributed by atoms with Gasteiger partial charge in [-0.05, 0) is 13.0 Å². The molecule has 0 aliphatic heterocycles. The van der Waals surface area contributed by atoms with E-state index in [1.165, 1.54) is 31.2 Å². The first-order valence-electron chi connectivity index (χ1n) is 3.66. The zero-order valence-corrected chi connectivity index (χ0v) is 11.0. The van der Waals surface area contributed by atoms with E-state index in [1.807, 2.05) is 0 Å². The average Bonchev–Trinajstić information content (AvgIpc) is 2.01. The quantitative estimate of drug-likeness (QED) is 0.556. The monoisotopic (exact) mass is 223 g/mol. The van der Waals surface area contributed by atoms with Crippen molar-refractivity contribution in [2.75, 3.05) is 0 Å². The van der Waals surface area contributed by atoms with Crippen LogP contribution in [0.4, 0.5) is 12.9 Å². The van der Waals surface area contributed by atoms with E-state index in [9.17, 15) is 12.9 Å². The molecule has 1 aromatic rings. The maximum atomic E-state index is 12.4. The van der Waals surface area contributed by atoms with Gasteiger partial charge in [-0.25, -0.2) is 0 Å². The smallest absolute Gasteiger partial charge is 0.445 e. The van der Waals surface area contributed by atoms with E-state index in [1.54, 1.807) is 0 Å². The van der Waals surface area contributed by atoms with Crippen molar-refractivity contribution >= 4 is 12.4 Å². The first-order chi connectivity index (χ1) is 5.96. The summed E-state index contributed by atoms with van der Waals surface area (Å²) in [5, 5.41) is 8.47. The number of halogens is 3. The van der Waals surface area contributed by atoms with Crippen molar-refractivity contribution in [2.45, 2.75) is 6.92 Å². The standard InChI is InChI=1S/C8H6BF3N.K/c1-6-3-2-4-7(5-13)8(6)9(10,11)12;/h2-4H,1H3;/q-1;+1. The van der Waals surface area contributed by atoms with Crippen LogP contribution < -0.4 is 56.8 Å². The van der Waals surface area contributed by atoms with Crippen molar-refractivity contribution in [1.29, 1.82) is 5.26 Å². The number of hydrogen-bond donors (Lipinski definition) is 0. The first-order valence-corrected chi connectivity index (χ1v) is 3.66. The molecule has 0 saturated heterocycles. The molecular formula is C8H6BF3KN. The predicted molar refractivity (Wildman–Crippen MR) is 44.6 cm³/mol. The number of nitrogens with zero attached hydrogens (tertiary/aromatic N) is 1. The van der Waals surface area contributed by atoms with Crippen LogP contribution in [0.5, 0.6) is 0 Å². The molecule has 0 bridgehead atoms. The van der Waals surface area contributed by atoms with Crippen molar-refractivity contribution in [3.8, 4) is 6.07 Å². The molecule has 0 amide bonds. The van der Waals surface area contributed by atoms with Crippen molar-refractivity contribution in [3.63, 3.8) is 0 Å². The number of rotatable bonds is 1. The number of hydrogen-bond acceptors (Lipinski definition) is 1. The topological polar surface area (TPSA) is 23.8 Å². The summed E-state index contributed by atoms with van der Waals surface area (Å²) in [6.45, 7) is -3.73. The van der Waals surface area contributed by atoms with E-state index in [-0.39, 0.29) is 62.5 Å². The average molecular weight is 223 g/mol. The van der Waals surface area contributed by atoms with Crippen LogP contribution in [0.3, 0.4) is 0 Å². The summed E-state index contributed by atoms with van der Waals surface area (Å²) in [6.07, 6.45) is 0. The second-order valence-electron chi connectivity index (χ2n) is 2.72. The fourth-order valence-electron chi connectivity index (χ4n) is 1.21. The van der Waals surface area contributed by atoms with Crippen LogP contribution >= 0.6 is 0 Å². The van der Waals surface area contributed by atoms with Crippen molar-refractivity contribution in [3.05, 3.63) is 29.3 Å². The van der Waals surface area contributed by atoms with E-state index < -0.39 is 12.4 Å². The van der Waals surface area contributed by atoms with Crippen LogP contribution in [0, 0.1) is 18.3 Å². The van der Waals surface area contributed by atoms with Gasteiger partial charge in [-0.2, -0.15) is 5.26 Å². The van der Waals surface area contributed by atoms with Gasteiger partial charge in [0.1, 0.15) is 0 Å². The number of aryl methyl sites for hydroxylation is 1. The summed E-state index contributed by atoms with van der Waals surface area (Å²) < 4.78 is 37.2. The second kappa shape index (κ2) is 5.33. The Hall–Kier alpha value is 0.201. The van der Waals surface area contributed by atoms with E-state index >= 15 is 0 Å². The Bertz CT molecular complexity index is 370. The third kappa shape index (κ3) is 3.11. The van der Waals surface area contributed by atoms with Crippen molar-refractivity contribution < 1.29 is 64.3 Å². The summed E-state index contributed by atoms with van der Waals surface area (Å²) in [4.78, 5) is 0. The fourth-order valence-corrected chi connectivity index (χ4v) is 1.21. The summed E-state index contributed by atoms with van der Waals surface area (Å²) in [5.74, 6) is 0. The van der Waals surface area contributed by atoms with Gasteiger partial charge in [-0.3, -0.25) is 0 Å². The fraction of sp³-hybridized carbons (Fsp3) is 0.125. The van der Waals surface area contributed by atoms with E-state index in [2.05, 4.69) is 0 Å². The zero-order chi connectivity index (χ0) is 10.1. The van der Waals surface area contributed by atoms with E-state index in [4.69, 9.17) is 5.26 Å². The van der Waals surface area contributed by atoms with Gasteiger partial charge in [0.25, 0.3) is 0 Å². The Balaban J connectivity index is 0.00000169. The van der Waals surface area contributed by atoms with Crippen molar-refractivity contribution in [1.82, 2.24) is 0 Å². The Kier molecular flexibility index (Phi) is 5.41.